The maximum atomic E-state index is 13.7. The molecule has 0 unspecified atom stereocenters. The van der Waals surface area contributed by atoms with Gasteiger partial charge in [-0.2, -0.15) is 0 Å². The smallest absolute Gasteiger partial charge is 0.257 e. The summed E-state index contributed by atoms with van der Waals surface area (Å²) in [5, 5.41) is 2.66. The summed E-state index contributed by atoms with van der Waals surface area (Å²) >= 11 is 0. The molecule has 0 aliphatic rings. The van der Waals surface area contributed by atoms with E-state index in [1.165, 1.54) is 6.07 Å². The summed E-state index contributed by atoms with van der Waals surface area (Å²) in [7, 11) is 0. The SMILES string of the molecule is Cc1ccc(F)c(NC(=O)c2cc(C)n(C(C)C)c2C)c1. The van der Waals surface area contributed by atoms with E-state index in [2.05, 4.69) is 23.7 Å². The molecule has 4 heteroatoms. The Hall–Kier alpha value is -2.10. The second-order valence-corrected chi connectivity index (χ2v) is 5.69. The van der Waals surface area contributed by atoms with Crippen LogP contribution in [0.3, 0.4) is 0 Å². The van der Waals surface area contributed by atoms with Crippen LogP contribution in [-0.4, -0.2) is 10.5 Å². The van der Waals surface area contributed by atoms with Crippen molar-refractivity contribution in [3.63, 3.8) is 0 Å². The number of aromatic nitrogens is 1. The Balaban J connectivity index is 2.33. The third-order valence-corrected chi connectivity index (χ3v) is 3.62. The Morgan fingerprint density at radius 2 is 1.86 bits per heavy atom. The van der Waals surface area contributed by atoms with Gasteiger partial charge in [-0.25, -0.2) is 4.39 Å². The summed E-state index contributed by atoms with van der Waals surface area (Å²) in [6.45, 7) is 9.88. The molecule has 2 aromatic rings. The van der Waals surface area contributed by atoms with Crippen LogP contribution in [0.25, 0.3) is 0 Å². The number of rotatable bonds is 3. The van der Waals surface area contributed by atoms with Crippen molar-refractivity contribution in [3.05, 3.63) is 52.6 Å². The highest BCUT2D eigenvalue weighted by Crippen LogP contribution is 2.22. The molecule has 3 nitrogen and oxygen atoms in total. The normalized spacial score (nSPS) is 11.0. The van der Waals surface area contributed by atoms with Crippen LogP contribution < -0.4 is 5.32 Å². The number of halogens is 1. The summed E-state index contributed by atoms with van der Waals surface area (Å²) in [5.41, 5.74) is 3.63. The zero-order valence-electron chi connectivity index (χ0n) is 13.1. The van der Waals surface area contributed by atoms with Crippen LogP contribution in [0.15, 0.2) is 24.3 Å². The van der Waals surface area contributed by atoms with Crippen LogP contribution in [0.1, 0.15) is 47.2 Å². The van der Waals surface area contributed by atoms with E-state index in [-0.39, 0.29) is 17.6 Å². The predicted molar refractivity (Wildman–Crippen MR) is 83.4 cm³/mol. The highest BCUT2D eigenvalue weighted by Gasteiger charge is 2.18. The first kappa shape index (κ1) is 15.3. The Kier molecular flexibility index (Phi) is 4.16. The van der Waals surface area contributed by atoms with Crippen molar-refractivity contribution in [3.8, 4) is 0 Å². The molecule has 112 valence electrons. The van der Waals surface area contributed by atoms with Gasteiger partial charge >= 0.3 is 0 Å². The van der Waals surface area contributed by atoms with Crippen molar-refractivity contribution in [2.45, 2.75) is 40.7 Å². The van der Waals surface area contributed by atoms with Crippen molar-refractivity contribution in [1.29, 1.82) is 0 Å². The topological polar surface area (TPSA) is 34.0 Å². The van der Waals surface area contributed by atoms with Gasteiger partial charge in [-0.15, -0.1) is 0 Å². The monoisotopic (exact) mass is 288 g/mol. The van der Waals surface area contributed by atoms with Crippen LogP contribution in [0.2, 0.25) is 0 Å². The fourth-order valence-corrected chi connectivity index (χ4v) is 2.73. The third-order valence-electron chi connectivity index (χ3n) is 3.62. The fraction of sp³-hybridized carbons (Fsp3) is 0.353. The number of amides is 1. The highest BCUT2D eigenvalue weighted by molar-refractivity contribution is 6.05. The molecule has 0 radical (unpaired) electrons. The molecule has 21 heavy (non-hydrogen) atoms. The lowest BCUT2D eigenvalue weighted by Crippen LogP contribution is -2.14. The number of carbonyl (C=O) groups excluding carboxylic acids is 1. The van der Waals surface area contributed by atoms with Crippen molar-refractivity contribution >= 4 is 11.6 Å². The molecular formula is C17H21FN2O. The number of hydrogen-bond acceptors (Lipinski definition) is 1. The summed E-state index contributed by atoms with van der Waals surface area (Å²) in [4.78, 5) is 12.4. The molecule has 0 fully saturated rings. The Bertz CT molecular complexity index is 686. The van der Waals surface area contributed by atoms with E-state index in [9.17, 15) is 9.18 Å². The van der Waals surface area contributed by atoms with E-state index in [0.29, 0.717) is 5.56 Å². The molecule has 0 aliphatic carbocycles. The highest BCUT2D eigenvalue weighted by atomic mass is 19.1. The van der Waals surface area contributed by atoms with Gasteiger partial charge < -0.3 is 9.88 Å². The first-order valence-corrected chi connectivity index (χ1v) is 7.07. The lowest BCUT2D eigenvalue weighted by Gasteiger charge is -2.13. The number of aryl methyl sites for hydroxylation is 2. The second-order valence-electron chi connectivity index (χ2n) is 5.69. The minimum absolute atomic E-state index is 0.217. The van der Waals surface area contributed by atoms with Crippen LogP contribution in [0.4, 0.5) is 10.1 Å². The van der Waals surface area contributed by atoms with Gasteiger partial charge in [0.2, 0.25) is 0 Å². The minimum Gasteiger partial charge on any atom is -0.346 e. The molecule has 0 bridgehead atoms. The van der Waals surface area contributed by atoms with Crippen molar-refractivity contribution < 1.29 is 9.18 Å². The molecule has 2 rings (SSSR count). The standard InChI is InChI=1S/C17H21FN2O/c1-10(2)20-12(4)9-14(13(20)5)17(21)19-16-8-11(3)6-7-15(16)18/h6-10H,1-5H3,(H,19,21). The van der Waals surface area contributed by atoms with Gasteiger partial charge in [0.1, 0.15) is 5.82 Å². The van der Waals surface area contributed by atoms with Gasteiger partial charge in [0.05, 0.1) is 11.3 Å². The maximum absolute atomic E-state index is 13.7. The number of nitrogens with one attached hydrogen (secondary N) is 1. The third kappa shape index (κ3) is 2.99. The zero-order valence-corrected chi connectivity index (χ0v) is 13.1. The molecule has 0 saturated heterocycles. The average Bonchev–Trinajstić information content (AvgIpc) is 2.69. The lowest BCUT2D eigenvalue weighted by atomic mass is 10.2. The van der Waals surface area contributed by atoms with E-state index in [4.69, 9.17) is 0 Å². The average molecular weight is 288 g/mol. The quantitative estimate of drug-likeness (QED) is 0.893. The van der Waals surface area contributed by atoms with Crippen molar-refractivity contribution in [1.82, 2.24) is 4.57 Å². The fourth-order valence-electron chi connectivity index (χ4n) is 2.73. The number of benzene rings is 1. The molecule has 0 saturated carbocycles. The number of hydrogen-bond donors (Lipinski definition) is 1. The second kappa shape index (κ2) is 5.72. The van der Waals surface area contributed by atoms with E-state index in [0.717, 1.165) is 17.0 Å². The van der Waals surface area contributed by atoms with Crippen LogP contribution in [0.5, 0.6) is 0 Å². The lowest BCUT2D eigenvalue weighted by molar-refractivity contribution is 0.102. The van der Waals surface area contributed by atoms with Gasteiger partial charge in [-0.1, -0.05) is 6.07 Å². The predicted octanol–water partition coefficient (Wildman–Crippen LogP) is 4.39. The number of nitrogens with zero attached hydrogens (tertiary/aromatic N) is 1. The van der Waals surface area contributed by atoms with Crippen LogP contribution in [-0.2, 0) is 0 Å². The Labute approximate surface area is 124 Å². The van der Waals surface area contributed by atoms with Crippen molar-refractivity contribution in [2.75, 3.05) is 5.32 Å². The summed E-state index contributed by atoms with van der Waals surface area (Å²) in [6, 6.07) is 6.80. The Morgan fingerprint density at radius 1 is 1.19 bits per heavy atom. The van der Waals surface area contributed by atoms with E-state index in [1.807, 2.05) is 26.8 Å². The molecule has 0 atom stereocenters. The zero-order chi connectivity index (χ0) is 15.7. The van der Waals surface area contributed by atoms with Gasteiger partial charge in [0.15, 0.2) is 0 Å². The number of anilines is 1. The van der Waals surface area contributed by atoms with Crippen LogP contribution in [0, 0.1) is 26.6 Å². The van der Waals surface area contributed by atoms with E-state index >= 15 is 0 Å². The number of carbonyl (C=O) groups is 1. The largest absolute Gasteiger partial charge is 0.346 e. The molecule has 1 aromatic heterocycles. The summed E-state index contributed by atoms with van der Waals surface area (Å²) in [6.07, 6.45) is 0. The minimum atomic E-state index is -0.424. The van der Waals surface area contributed by atoms with Gasteiger partial charge in [0.25, 0.3) is 5.91 Å². The first-order chi connectivity index (χ1) is 9.81. The molecular weight excluding hydrogens is 267 g/mol. The Morgan fingerprint density at radius 3 is 2.43 bits per heavy atom. The van der Waals surface area contributed by atoms with Gasteiger partial charge in [-0.3, -0.25) is 4.79 Å². The van der Waals surface area contributed by atoms with E-state index in [1.54, 1.807) is 12.1 Å². The molecule has 1 aromatic carbocycles. The van der Waals surface area contributed by atoms with Gasteiger partial charge in [0, 0.05) is 17.4 Å². The molecule has 1 N–H and O–H groups in total. The van der Waals surface area contributed by atoms with Crippen LogP contribution >= 0.6 is 0 Å². The molecule has 1 amide bonds. The van der Waals surface area contributed by atoms with E-state index < -0.39 is 5.82 Å². The van der Waals surface area contributed by atoms with Gasteiger partial charge in [-0.05, 0) is 58.4 Å². The molecule has 0 spiro atoms. The summed E-state index contributed by atoms with van der Waals surface area (Å²) in [5.74, 6) is -0.703. The molecule has 1 heterocycles. The summed E-state index contributed by atoms with van der Waals surface area (Å²) < 4.78 is 15.8. The first-order valence-electron chi connectivity index (χ1n) is 7.07. The molecule has 0 aliphatic heterocycles. The maximum Gasteiger partial charge on any atom is 0.257 e. The van der Waals surface area contributed by atoms with Crippen molar-refractivity contribution in [2.24, 2.45) is 0 Å².